The molecule has 0 saturated heterocycles. The molecule has 3 rings (SSSR count). The lowest BCUT2D eigenvalue weighted by atomic mass is 10.1. The largest absolute Gasteiger partial charge is 0.573 e. The van der Waals surface area contributed by atoms with E-state index in [2.05, 4.69) is 25.7 Å². The molecule has 1 heterocycles. The molecule has 0 bridgehead atoms. The maximum Gasteiger partial charge on any atom is 0.573 e. The number of carbonyl (C=O) groups is 3. The van der Waals surface area contributed by atoms with Crippen LogP contribution in [0.25, 0.3) is 10.9 Å². The summed E-state index contributed by atoms with van der Waals surface area (Å²) in [5, 5.41) is 22.1. The van der Waals surface area contributed by atoms with E-state index in [0.717, 1.165) is 28.6 Å². The molecule has 38 heavy (non-hydrogen) atoms. The molecule has 0 aliphatic carbocycles. The zero-order valence-corrected chi connectivity index (χ0v) is 20.8. The highest BCUT2D eigenvalue weighted by Crippen LogP contribution is 2.24. The number of alkyl halides is 3. The standard InChI is InChI=1S/C23H22F3N5O6S/c1-12(14-3-5-15(6-4-14)37-23(24,25)26)27-20(33)10-31-21(34)17-9-16(7-8-18(17)29-30-31)38-11-19(22(35)36)28-13(2)32/h3-9,12,19H,10-11H2,1-2H3,(H,27,33)(H,28,32)(H,35,36)/t12-,19-/m0/s1. The van der Waals surface area contributed by atoms with E-state index in [4.69, 9.17) is 0 Å². The SMILES string of the molecule is CC(=O)N[C@@H](CSc1ccc2nnn(CC(=O)N[C@@H](C)c3ccc(OC(F)(F)F)cc3)c(=O)c2c1)C(=O)O. The number of fused-ring (bicyclic) bond motifs is 1. The van der Waals surface area contributed by atoms with Gasteiger partial charge in [0.15, 0.2) is 0 Å². The van der Waals surface area contributed by atoms with E-state index < -0.39 is 54.1 Å². The molecule has 11 nitrogen and oxygen atoms in total. The molecule has 15 heteroatoms. The molecule has 0 spiro atoms. The maximum absolute atomic E-state index is 12.9. The fraction of sp³-hybridized carbons (Fsp3) is 0.304. The van der Waals surface area contributed by atoms with Crippen molar-refractivity contribution >= 4 is 40.4 Å². The number of hydrogen-bond acceptors (Lipinski definition) is 8. The molecular formula is C23H22F3N5O6S. The quantitative estimate of drug-likeness (QED) is 0.321. The summed E-state index contributed by atoms with van der Waals surface area (Å²) in [6.45, 7) is 2.35. The Morgan fingerprint density at radius 2 is 1.82 bits per heavy atom. The average molecular weight is 554 g/mol. The van der Waals surface area contributed by atoms with Crippen LogP contribution in [0.15, 0.2) is 52.2 Å². The van der Waals surface area contributed by atoms with Crippen molar-refractivity contribution in [3.63, 3.8) is 0 Å². The predicted octanol–water partition coefficient (Wildman–Crippen LogP) is 2.25. The molecule has 202 valence electrons. The summed E-state index contributed by atoms with van der Waals surface area (Å²) < 4.78 is 41.6. The molecule has 2 aromatic carbocycles. The van der Waals surface area contributed by atoms with Gasteiger partial charge < -0.3 is 20.5 Å². The molecule has 0 radical (unpaired) electrons. The van der Waals surface area contributed by atoms with Crippen molar-refractivity contribution < 1.29 is 37.4 Å². The van der Waals surface area contributed by atoms with Crippen LogP contribution in [0.5, 0.6) is 5.75 Å². The summed E-state index contributed by atoms with van der Waals surface area (Å²) in [4.78, 5) is 48.5. The summed E-state index contributed by atoms with van der Waals surface area (Å²) in [5.74, 6) is -2.67. The highest BCUT2D eigenvalue weighted by molar-refractivity contribution is 7.99. The molecule has 2 amide bonds. The van der Waals surface area contributed by atoms with Gasteiger partial charge in [-0.1, -0.05) is 17.3 Å². The number of ether oxygens (including phenoxy) is 1. The Labute approximate surface area is 217 Å². The average Bonchev–Trinajstić information content (AvgIpc) is 2.82. The van der Waals surface area contributed by atoms with E-state index in [1.54, 1.807) is 13.0 Å². The van der Waals surface area contributed by atoms with Crippen LogP contribution in [0.3, 0.4) is 0 Å². The van der Waals surface area contributed by atoms with Crippen LogP contribution < -0.4 is 20.9 Å². The lowest BCUT2D eigenvalue weighted by Crippen LogP contribution is -2.41. The number of carboxylic acid groups (broad SMARTS) is 1. The summed E-state index contributed by atoms with van der Waals surface area (Å²) in [5.41, 5.74) is 0.165. The van der Waals surface area contributed by atoms with E-state index in [1.807, 2.05) is 0 Å². The van der Waals surface area contributed by atoms with Crippen LogP contribution in [0.1, 0.15) is 25.5 Å². The van der Waals surface area contributed by atoms with E-state index in [1.165, 1.54) is 31.2 Å². The summed E-state index contributed by atoms with van der Waals surface area (Å²) in [7, 11) is 0. The molecule has 3 aromatic rings. The van der Waals surface area contributed by atoms with Gasteiger partial charge in [0.1, 0.15) is 23.9 Å². The number of thioether (sulfide) groups is 1. The molecule has 0 aliphatic rings. The second-order valence-corrected chi connectivity index (χ2v) is 9.13. The van der Waals surface area contributed by atoms with Crippen molar-refractivity contribution in [1.29, 1.82) is 0 Å². The molecule has 1 aromatic heterocycles. The first kappa shape index (κ1) is 28.4. The lowest BCUT2D eigenvalue weighted by Gasteiger charge is -2.16. The monoisotopic (exact) mass is 553 g/mol. The normalized spacial score (nSPS) is 13.0. The fourth-order valence-electron chi connectivity index (χ4n) is 3.31. The molecular weight excluding hydrogens is 531 g/mol. The highest BCUT2D eigenvalue weighted by atomic mass is 32.2. The van der Waals surface area contributed by atoms with Crippen molar-refractivity contribution in [3.8, 4) is 5.75 Å². The van der Waals surface area contributed by atoms with Gasteiger partial charge in [-0.3, -0.25) is 14.4 Å². The maximum atomic E-state index is 12.9. The lowest BCUT2D eigenvalue weighted by molar-refractivity contribution is -0.274. The van der Waals surface area contributed by atoms with Crippen LogP contribution in [0, 0.1) is 0 Å². The van der Waals surface area contributed by atoms with Gasteiger partial charge in [-0.2, -0.15) is 0 Å². The fourth-order valence-corrected chi connectivity index (χ4v) is 4.26. The topological polar surface area (TPSA) is 153 Å². The van der Waals surface area contributed by atoms with Crippen molar-refractivity contribution in [2.24, 2.45) is 0 Å². The number of hydrogen-bond donors (Lipinski definition) is 3. The van der Waals surface area contributed by atoms with Crippen LogP contribution >= 0.6 is 11.8 Å². The third-order valence-corrected chi connectivity index (χ3v) is 6.16. The summed E-state index contributed by atoms with van der Waals surface area (Å²) >= 11 is 1.11. The number of carbonyl (C=O) groups excluding carboxylic acids is 2. The zero-order chi connectivity index (χ0) is 28.0. The zero-order valence-electron chi connectivity index (χ0n) is 20.0. The highest BCUT2D eigenvalue weighted by Gasteiger charge is 2.31. The Morgan fingerprint density at radius 3 is 2.42 bits per heavy atom. The Morgan fingerprint density at radius 1 is 1.13 bits per heavy atom. The van der Waals surface area contributed by atoms with Crippen LogP contribution in [-0.2, 0) is 20.9 Å². The minimum absolute atomic E-state index is 0.0106. The van der Waals surface area contributed by atoms with Gasteiger partial charge in [0.2, 0.25) is 11.8 Å². The molecule has 0 aliphatic heterocycles. The van der Waals surface area contributed by atoms with Crippen LogP contribution in [0.2, 0.25) is 0 Å². The number of aromatic nitrogens is 3. The minimum atomic E-state index is -4.82. The van der Waals surface area contributed by atoms with Crippen molar-refractivity contribution in [2.45, 2.75) is 43.7 Å². The van der Waals surface area contributed by atoms with Crippen molar-refractivity contribution in [1.82, 2.24) is 25.6 Å². The number of amides is 2. The van der Waals surface area contributed by atoms with Crippen LogP contribution in [-0.4, -0.2) is 56.0 Å². The predicted molar refractivity (Wildman–Crippen MR) is 129 cm³/mol. The number of aliphatic carboxylic acids is 1. The van der Waals surface area contributed by atoms with E-state index >= 15 is 0 Å². The third kappa shape index (κ3) is 7.93. The molecule has 0 saturated carbocycles. The Hall–Kier alpha value is -4.14. The minimum Gasteiger partial charge on any atom is -0.480 e. The number of nitrogens with one attached hydrogen (secondary N) is 2. The number of benzene rings is 2. The first-order chi connectivity index (χ1) is 17.8. The first-order valence-electron chi connectivity index (χ1n) is 11.0. The van der Waals surface area contributed by atoms with E-state index in [-0.39, 0.29) is 16.7 Å². The Kier molecular flexibility index (Phi) is 8.93. The molecule has 0 fully saturated rings. The number of nitrogens with zero attached hydrogens (tertiary/aromatic N) is 3. The van der Waals surface area contributed by atoms with E-state index in [9.17, 15) is 37.5 Å². The van der Waals surface area contributed by atoms with Crippen molar-refractivity contribution in [3.05, 3.63) is 58.4 Å². The number of rotatable bonds is 10. The van der Waals surface area contributed by atoms with Gasteiger partial charge in [-0.15, -0.1) is 30.0 Å². The number of carboxylic acids is 1. The van der Waals surface area contributed by atoms with Gasteiger partial charge in [0, 0.05) is 17.6 Å². The Balaban J connectivity index is 1.68. The van der Waals surface area contributed by atoms with Gasteiger partial charge in [-0.05, 0) is 42.8 Å². The molecule has 2 atom stereocenters. The van der Waals surface area contributed by atoms with Gasteiger partial charge >= 0.3 is 12.3 Å². The van der Waals surface area contributed by atoms with Gasteiger partial charge in [-0.25, -0.2) is 9.48 Å². The number of halogens is 3. The van der Waals surface area contributed by atoms with Crippen LogP contribution in [0.4, 0.5) is 13.2 Å². The van der Waals surface area contributed by atoms with E-state index in [0.29, 0.717) is 10.5 Å². The Bertz CT molecular complexity index is 1400. The molecule has 0 unspecified atom stereocenters. The van der Waals surface area contributed by atoms with Gasteiger partial charge in [0.05, 0.1) is 11.4 Å². The third-order valence-electron chi connectivity index (χ3n) is 5.07. The summed E-state index contributed by atoms with van der Waals surface area (Å²) in [6.07, 6.45) is -4.82. The summed E-state index contributed by atoms with van der Waals surface area (Å²) in [6, 6.07) is 7.90. The second-order valence-electron chi connectivity index (χ2n) is 8.04. The first-order valence-corrected chi connectivity index (χ1v) is 12.0. The molecule has 3 N–H and O–H groups in total. The second kappa shape index (κ2) is 11.9. The van der Waals surface area contributed by atoms with Crippen molar-refractivity contribution in [2.75, 3.05) is 5.75 Å². The smallest absolute Gasteiger partial charge is 0.480 e. The van der Waals surface area contributed by atoms with Gasteiger partial charge in [0.25, 0.3) is 5.56 Å².